The highest BCUT2D eigenvalue weighted by atomic mass is 16.2. The van der Waals surface area contributed by atoms with Crippen molar-refractivity contribution in [2.75, 3.05) is 19.6 Å². The van der Waals surface area contributed by atoms with Crippen LogP contribution in [0.15, 0.2) is 60.7 Å². The van der Waals surface area contributed by atoms with E-state index in [2.05, 4.69) is 10.6 Å². The van der Waals surface area contributed by atoms with E-state index < -0.39 is 0 Å². The largest absolute Gasteiger partial charge is 0.354 e. The molecule has 0 aromatic heterocycles. The van der Waals surface area contributed by atoms with Crippen LogP contribution in [0.25, 0.3) is 0 Å². The highest BCUT2D eigenvalue weighted by Crippen LogP contribution is 2.28. The monoisotopic (exact) mass is 393 g/mol. The van der Waals surface area contributed by atoms with Crippen molar-refractivity contribution in [2.45, 2.75) is 25.8 Å². The second kappa shape index (κ2) is 9.87. The van der Waals surface area contributed by atoms with Crippen molar-refractivity contribution in [3.05, 3.63) is 71.8 Å². The topological polar surface area (TPSA) is 78.5 Å². The third-order valence-corrected chi connectivity index (χ3v) is 5.23. The minimum absolute atomic E-state index is 0.00216. The van der Waals surface area contributed by atoms with E-state index in [0.717, 1.165) is 11.1 Å². The molecule has 2 aromatic carbocycles. The second-order valence-corrected chi connectivity index (χ2v) is 7.34. The van der Waals surface area contributed by atoms with Crippen molar-refractivity contribution < 1.29 is 14.4 Å². The third kappa shape index (κ3) is 5.67. The highest BCUT2D eigenvalue weighted by molar-refractivity contribution is 5.89. The van der Waals surface area contributed by atoms with Gasteiger partial charge in [0.05, 0.1) is 18.4 Å². The van der Waals surface area contributed by atoms with Gasteiger partial charge in [0.25, 0.3) is 0 Å². The van der Waals surface area contributed by atoms with Gasteiger partial charge in [0.1, 0.15) is 0 Å². The Kier molecular flexibility index (Phi) is 7.00. The van der Waals surface area contributed by atoms with E-state index in [1.165, 1.54) is 0 Å². The van der Waals surface area contributed by atoms with Gasteiger partial charge < -0.3 is 15.5 Å². The summed E-state index contributed by atoms with van der Waals surface area (Å²) in [5, 5.41) is 5.63. The molecule has 152 valence electrons. The van der Waals surface area contributed by atoms with Gasteiger partial charge in [0.2, 0.25) is 17.7 Å². The Bertz CT molecular complexity index is 839. The lowest BCUT2D eigenvalue weighted by atomic mass is 10.1. The first-order chi connectivity index (χ1) is 14.0. The first-order valence-electron chi connectivity index (χ1n) is 9.97. The molecule has 6 heteroatoms. The minimum atomic E-state index is -0.353. The van der Waals surface area contributed by atoms with Crippen LogP contribution in [0.5, 0.6) is 0 Å². The van der Waals surface area contributed by atoms with Gasteiger partial charge in [0, 0.05) is 26.1 Å². The fourth-order valence-corrected chi connectivity index (χ4v) is 3.57. The number of nitrogens with zero attached hydrogens (tertiary/aromatic N) is 1. The van der Waals surface area contributed by atoms with Gasteiger partial charge in [-0.15, -0.1) is 0 Å². The number of nitrogens with one attached hydrogen (secondary N) is 2. The third-order valence-electron chi connectivity index (χ3n) is 5.23. The summed E-state index contributed by atoms with van der Waals surface area (Å²) in [6.45, 7) is 3.11. The van der Waals surface area contributed by atoms with E-state index in [0.29, 0.717) is 26.1 Å². The summed E-state index contributed by atoms with van der Waals surface area (Å²) < 4.78 is 0. The van der Waals surface area contributed by atoms with Crippen molar-refractivity contribution in [3.8, 4) is 0 Å². The van der Waals surface area contributed by atoms with Crippen LogP contribution in [0, 0.1) is 5.92 Å². The van der Waals surface area contributed by atoms with E-state index in [9.17, 15) is 14.4 Å². The molecule has 2 aromatic rings. The number of rotatable bonds is 8. The van der Waals surface area contributed by atoms with E-state index >= 15 is 0 Å². The van der Waals surface area contributed by atoms with E-state index in [-0.39, 0.29) is 36.1 Å². The van der Waals surface area contributed by atoms with Crippen molar-refractivity contribution in [1.29, 1.82) is 0 Å². The summed E-state index contributed by atoms with van der Waals surface area (Å²) in [7, 11) is 0. The average Bonchev–Trinajstić information content (AvgIpc) is 3.13. The van der Waals surface area contributed by atoms with Crippen molar-refractivity contribution in [1.82, 2.24) is 15.5 Å². The first kappa shape index (κ1) is 20.6. The maximum atomic E-state index is 12.4. The number of amides is 3. The molecule has 0 aliphatic carbocycles. The molecule has 1 fully saturated rings. The Morgan fingerprint density at radius 3 is 2.31 bits per heavy atom. The molecule has 6 nitrogen and oxygen atoms in total. The van der Waals surface area contributed by atoms with Gasteiger partial charge >= 0.3 is 0 Å². The van der Waals surface area contributed by atoms with Gasteiger partial charge in [-0.05, 0) is 18.1 Å². The molecule has 3 amide bonds. The maximum Gasteiger partial charge on any atom is 0.225 e. The number of hydrogen-bond acceptors (Lipinski definition) is 3. The molecular weight excluding hydrogens is 366 g/mol. The Hall–Kier alpha value is -3.15. The van der Waals surface area contributed by atoms with Crippen molar-refractivity contribution in [3.63, 3.8) is 0 Å². The van der Waals surface area contributed by atoms with Gasteiger partial charge in [-0.25, -0.2) is 0 Å². The number of carbonyl (C=O) groups excluding carboxylic acids is 3. The predicted octanol–water partition coefficient (Wildman–Crippen LogP) is 2.07. The molecule has 0 radical (unpaired) electrons. The van der Waals surface area contributed by atoms with E-state index in [4.69, 9.17) is 0 Å². The van der Waals surface area contributed by atoms with E-state index in [1.54, 1.807) is 4.90 Å². The quantitative estimate of drug-likeness (QED) is 0.674. The summed E-state index contributed by atoms with van der Waals surface area (Å²) in [6, 6.07) is 19.3. The Balaban J connectivity index is 1.40. The van der Waals surface area contributed by atoms with Gasteiger partial charge in [0.15, 0.2) is 0 Å². The number of benzene rings is 2. The smallest absolute Gasteiger partial charge is 0.225 e. The zero-order valence-corrected chi connectivity index (χ0v) is 16.6. The van der Waals surface area contributed by atoms with Gasteiger partial charge in [-0.3, -0.25) is 14.4 Å². The number of likely N-dealkylation sites (tertiary alicyclic amines) is 1. The molecule has 29 heavy (non-hydrogen) atoms. The predicted molar refractivity (Wildman–Crippen MR) is 111 cm³/mol. The fraction of sp³-hybridized carbons (Fsp3) is 0.348. The molecule has 2 unspecified atom stereocenters. The average molecular weight is 393 g/mol. The van der Waals surface area contributed by atoms with Crippen LogP contribution in [-0.4, -0.2) is 42.3 Å². The normalized spacial score (nSPS) is 17.1. The molecule has 2 atom stereocenters. The zero-order chi connectivity index (χ0) is 20.6. The summed E-state index contributed by atoms with van der Waals surface area (Å²) in [5.41, 5.74) is 2.01. The minimum Gasteiger partial charge on any atom is -0.354 e. The van der Waals surface area contributed by atoms with Crippen molar-refractivity contribution >= 4 is 17.7 Å². The Morgan fingerprint density at radius 1 is 1.00 bits per heavy atom. The lowest BCUT2D eigenvalue weighted by Crippen LogP contribution is -2.39. The zero-order valence-electron chi connectivity index (χ0n) is 16.6. The molecule has 1 heterocycles. The summed E-state index contributed by atoms with van der Waals surface area (Å²) in [6.07, 6.45) is 0.543. The van der Waals surface area contributed by atoms with Crippen LogP contribution >= 0.6 is 0 Å². The molecule has 3 rings (SSSR count). The highest BCUT2D eigenvalue weighted by Gasteiger charge is 2.36. The molecule has 2 N–H and O–H groups in total. The SMILES string of the molecule is CC(c1ccccc1)N1CC(C(=O)NCCNC(=O)Cc2ccccc2)CC1=O. The molecule has 0 bridgehead atoms. The Labute approximate surface area is 171 Å². The molecule has 1 aliphatic heterocycles. The van der Waals surface area contributed by atoms with Crippen LogP contribution < -0.4 is 10.6 Å². The van der Waals surface area contributed by atoms with Crippen LogP contribution in [0.1, 0.15) is 30.5 Å². The molecule has 0 spiro atoms. The first-order valence-corrected chi connectivity index (χ1v) is 9.97. The lowest BCUT2D eigenvalue weighted by molar-refractivity contribution is -0.130. The van der Waals surface area contributed by atoms with Crippen LogP contribution in [0.3, 0.4) is 0 Å². The lowest BCUT2D eigenvalue weighted by Gasteiger charge is -2.25. The number of carbonyl (C=O) groups is 3. The maximum absolute atomic E-state index is 12.4. The van der Waals surface area contributed by atoms with Crippen molar-refractivity contribution in [2.24, 2.45) is 5.92 Å². The van der Waals surface area contributed by atoms with Gasteiger partial charge in [-0.2, -0.15) is 0 Å². The standard InChI is InChI=1S/C23H27N3O3/c1-17(19-10-6-3-7-11-19)26-16-20(15-22(26)28)23(29)25-13-12-24-21(27)14-18-8-4-2-5-9-18/h2-11,17,20H,12-16H2,1H3,(H,24,27)(H,25,29). The van der Waals surface area contributed by atoms with Crippen LogP contribution in [0.2, 0.25) is 0 Å². The summed E-state index contributed by atoms with van der Waals surface area (Å²) >= 11 is 0. The van der Waals surface area contributed by atoms with Crippen LogP contribution in [-0.2, 0) is 20.8 Å². The summed E-state index contributed by atoms with van der Waals surface area (Å²) in [5.74, 6) is -0.575. The van der Waals surface area contributed by atoms with Gasteiger partial charge in [-0.1, -0.05) is 60.7 Å². The Morgan fingerprint density at radius 2 is 1.62 bits per heavy atom. The molecule has 0 saturated carbocycles. The molecule has 1 saturated heterocycles. The molecule has 1 aliphatic rings. The van der Waals surface area contributed by atoms with E-state index in [1.807, 2.05) is 67.6 Å². The van der Waals surface area contributed by atoms with Crippen LogP contribution in [0.4, 0.5) is 0 Å². The summed E-state index contributed by atoms with van der Waals surface area (Å²) in [4.78, 5) is 38.5. The molecular formula is C23H27N3O3. The second-order valence-electron chi connectivity index (χ2n) is 7.34. The number of hydrogen-bond donors (Lipinski definition) is 2. The fourth-order valence-electron chi connectivity index (χ4n) is 3.57.